The number of carbonyl (C=O) groups excluding carboxylic acids is 1. The summed E-state index contributed by atoms with van der Waals surface area (Å²) in [5.41, 5.74) is 1.77. The van der Waals surface area contributed by atoms with Crippen LogP contribution in [0.1, 0.15) is 20.2 Å². The summed E-state index contributed by atoms with van der Waals surface area (Å²) >= 11 is 4.51. The van der Waals surface area contributed by atoms with Crippen molar-refractivity contribution >= 4 is 46.6 Å². The number of esters is 1. The first-order valence-corrected chi connectivity index (χ1v) is 12.2. The van der Waals surface area contributed by atoms with Crippen molar-refractivity contribution in [3.63, 3.8) is 0 Å². The molecule has 0 radical (unpaired) electrons. The van der Waals surface area contributed by atoms with E-state index in [1.165, 1.54) is 29.8 Å². The number of allylic oxidation sites excluding steroid dienone is 1. The lowest BCUT2D eigenvalue weighted by Gasteiger charge is -2.25. The van der Waals surface area contributed by atoms with E-state index in [0.29, 0.717) is 16.4 Å². The summed E-state index contributed by atoms with van der Waals surface area (Å²) in [5.74, 6) is 1.07. The minimum atomic E-state index is -0.802. The van der Waals surface area contributed by atoms with Gasteiger partial charge in [0.2, 0.25) is 0 Å². The highest BCUT2D eigenvalue weighted by Gasteiger charge is 2.39. The van der Waals surface area contributed by atoms with Crippen LogP contribution in [0.4, 0.5) is 0 Å². The molecule has 6 nitrogen and oxygen atoms in total. The van der Waals surface area contributed by atoms with Gasteiger partial charge in [0, 0.05) is 22.7 Å². The SMILES string of the molecule is COC(=O)c1cc(-c2csc(C3(c4cc(OC)ccc4OC)C=CC=N3)n2)c(SC)s1. The van der Waals surface area contributed by atoms with E-state index >= 15 is 0 Å². The van der Waals surface area contributed by atoms with Crippen molar-refractivity contribution in [3.05, 3.63) is 57.2 Å². The molecule has 2 aromatic heterocycles. The number of thiazole rings is 1. The van der Waals surface area contributed by atoms with Crippen LogP contribution in [-0.2, 0) is 10.3 Å². The van der Waals surface area contributed by atoms with E-state index in [4.69, 9.17) is 24.2 Å². The number of aromatic nitrogens is 1. The number of rotatable bonds is 7. The number of benzene rings is 1. The molecule has 0 spiro atoms. The second-order valence-electron chi connectivity index (χ2n) is 6.52. The first-order valence-electron chi connectivity index (χ1n) is 9.24. The maximum atomic E-state index is 12.0. The van der Waals surface area contributed by atoms with E-state index < -0.39 is 5.54 Å². The van der Waals surface area contributed by atoms with Gasteiger partial charge in [-0.25, -0.2) is 9.78 Å². The minimum absolute atomic E-state index is 0.345. The molecule has 1 aromatic carbocycles. The summed E-state index contributed by atoms with van der Waals surface area (Å²) < 4.78 is 17.0. The maximum absolute atomic E-state index is 12.0. The smallest absolute Gasteiger partial charge is 0.348 e. The Morgan fingerprint density at radius 1 is 1.16 bits per heavy atom. The molecule has 0 saturated heterocycles. The zero-order chi connectivity index (χ0) is 22.0. The molecular weight excluding hydrogens is 452 g/mol. The van der Waals surface area contributed by atoms with Gasteiger partial charge in [0.15, 0.2) is 5.54 Å². The van der Waals surface area contributed by atoms with Gasteiger partial charge >= 0.3 is 5.97 Å². The van der Waals surface area contributed by atoms with Crippen LogP contribution in [0.15, 0.2) is 51.0 Å². The van der Waals surface area contributed by atoms with E-state index in [-0.39, 0.29) is 5.97 Å². The Balaban J connectivity index is 1.83. The average Bonchev–Trinajstić information content (AvgIpc) is 3.56. The Morgan fingerprint density at radius 3 is 2.65 bits per heavy atom. The van der Waals surface area contributed by atoms with Crippen LogP contribution in [0.25, 0.3) is 11.3 Å². The molecule has 3 aromatic rings. The van der Waals surface area contributed by atoms with E-state index in [1.807, 2.05) is 48.1 Å². The van der Waals surface area contributed by atoms with E-state index in [9.17, 15) is 4.79 Å². The highest BCUT2D eigenvalue weighted by atomic mass is 32.2. The van der Waals surface area contributed by atoms with Crippen LogP contribution in [0.5, 0.6) is 11.5 Å². The number of aliphatic imine (C=N–C) groups is 1. The quantitative estimate of drug-likeness (QED) is 0.344. The molecule has 0 aliphatic carbocycles. The van der Waals surface area contributed by atoms with Gasteiger partial charge in [-0.15, -0.1) is 34.4 Å². The normalized spacial score (nSPS) is 17.2. The van der Waals surface area contributed by atoms with Crippen LogP contribution in [-0.4, -0.2) is 44.8 Å². The molecule has 0 bridgehead atoms. The topological polar surface area (TPSA) is 70.0 Å². The van der Waals surface area contributed by atoms with Crippen LogP contribution in [0.3, 0.4) is 0 Å². The number of hydrogen-bond donors (Lipinski definition) is 0. The van der Waals surface area contributed by atoms with E-state index in [1.54, 1.807) is 32.2 Å². The second kappa shape index (κ2) is 8.86. The van der Waals surface area contributed by atoms with Crippen LogP contribution in [0.2, 0.25) is 0 Å². The molecule has 0 N–H and O–H groups in total. The third-order valence-corrected chi connectivity index (χ3v) is 8.11. The molecule has 0 saturated carbocycles. The Labute approximate surface area is 192 Å². The van der Waals surface area contributed by atoms with Gasteiger partial charge in [0.05, 0.1) is 31.2 Å². The molecule has 31 heavy (non-hydrogen) atoms. The van der Waals surface area contributed by atoms with Crippen LogP contribution < -0.4 is 9.47 Å². The molecule has 1 atom stereocenters. The standard InChI is InChI=1S/C22H20N2O4S3/c1-26-13-6-7-17(27-2)15(10-13)22(8-5-9-23-22)21-24-16(12-30-21)14-11-18(19(25)28-3)31-20(14)29-4/h5-12H,1-4H3. The van der Waals surface area contributed by atoms with Crippen LogP contribution in [0, 0.1) is 0 Å². The Morgan fingerprint density at radius 2 is 2.00 bits per heavy atom. The highest BCUT2D eigenvalue weighted by Crippen LogP contribution is 2.46. The Bertz CT molecular complexity index is 1170. The average molecular weight is 473 g/mol. The maximum Gasteiger partial charge on any atom is 0.348 e. The van der Waals surface area contributed by atoms with Crippen LogP contribution >= 0.6 is 34.4 Å². The predicted octanol–water partition coefficient (Wildman–Crippen LogP) is 5.28. The fourth-order valence-corrected chi connectivity index (χ4v) is 6.14. The number of nitrogens with zero attached hydrogens (tertiary/aromatic N) is 2. The summed E-state index contributed by atoms with van der Waals surface area (Å²) in [6, 6.07) is 7.50. The molecule has 1 aliphatic rings. The van der Waals surface area contributed by atoms with Gasteiger partial charge in [-0.2, -0.15) is 0 Å². The lowest BCUT2D eigenvalue weighted by molar-refractivity contribution is 0.0606. The first-order chi connectivity index (χ1) is 15.1. The summed E-state index contributed by atoms with van der Waals surface area (Å²) in [5, 5.41) is 2.80. The van der Waals surface area contributed by atoms with Gasteiger partial charge < -0.3 is 14.2 Å². The first kappa shape index (κ1) is 21.6. The Kier molecular flexibility index (Phi) is 6.17. The van der Waals surface area contributed by atoms with Gasteiger partial charge in [0.1, 0.15) is 21.4 Å². The van der Waals surface area contributed by atoms with Gasteiger partial charge in [-0.1, -0.05) is 0 Å². The molecule has 0 fully saturated rings. The van der Waals surface area contributed by atoms with Crippen molar-refractivity contribution in [3.8, 4) is 22.8 Å². The van der Waals surface area contributed by atoms with Crippen molar-refractivity contribution in [2.75, 3.05) is 27.6 Å². The van der Waals surface area contributed by atoms with Gasteiger partial charge in [0.25, 0.3) is 0 Å². The van der Waals surface area contributed by atoms with Crippen molar-refractivity contribution in [2.45, 2.75) is 9.75 Å². The summed E-state index contributed by atoms with van der Waals surface area (Å²) in [7, 11) is 4.66. The number of thiophene rings is 1. The second-order valence-corrected chi connectivity index (χ2v) is 9.50. The summed E-state index contributed by atoms with van der Waals surface area (Å²) in [6.45, 7) is 0. The molecule has 1 aliphatic heterocycles. The lowest BCUT2D eigenvalue weighted by atomic mass is 9.90. The van der Waals surface area contributed by atoms with Crippen molar-refractivity contribution in [2.24, 2.45) is 4.99 Å². The molecule has 9 heteroatoms. The lowest BCUT2D eigenvalue weighted by Crippen LogP contribution is -2.22. The third kappa shape index (κ3) is 3.77. The predicted molar refractivity (Wildman–Crippen MR) is 127 cm³/mol. The number of ether oxygens (including phenoxy) is 3. The largest absolute Gasteiger partial charge is 0.497 e. The van der Waals surface area contributed by atoms with Gasteiger partial charge in [-0.3, -0.25) is 4.99 Å². The molecular formula is C22H20N2O4S3. The summed E-state index contributed by atoms with van der Waals surface area (Å²) in [6.07, 6.45) is 7.67. The highest BCUT2D eigenvalue weighted by molar-refractivity contribution is 8.00. The van der Waals surface area contributed by atoms with E-state index in [0.717, 1.165) is 26.0 Å². The molecule has 4 rings (SSSR count). The van der Waals surface area contributed by atoms with Gasteiger partial charge in [-0.05, 0) is 42.7 Å². The minimum Gasteiger partial charge on any atom is -0.497 e. The van der Waals surface area contributed by atoms with Crippen molar-refractivity contribution in [1.29, 1.82) is 0 Å². The molecule has 1 unspecified atom stereocenters. The van der Waals surface area contributed by atoms with Crippen molar-refractivity contribution in [1.82, 2.24) is 4.98 Å². The number of carbonyl (C=O) groups is 1. The fraction of sp³-hybridized carbons (Fsp3) is 0.227. The molecule has 3 heterocycles. The third-order valence-electron chi connectivity index (χ3n) is 4.90. The number of methoxy groups -OCH3 is 3. The van der Waals surface area contributed by atoms with Crippen molar-refractivity contribution < 1.29 is 19.0 Å². The summed E-state index contributed by atoms with van der Waals surface area (Å²) in [4.78, 5) is 22.3. The zero-order valence-corrected chi connectivity index (χ0v) is 19.8. The van der Waals surface area contributed by atoms with E-state index in [2.05, 4.69) is 0 Å². The number of thioether (sulfide) groups is 1. The monoisotopic (exact) mass is 472 g/mol. The number of hydrogen-bond acceptors (Lipinski definition) is 9. The molecule has 0 amide bonds. The zero-order valence-electron chi connectivity index (χ0n) is 17.4. The fourth-order valence-electron chi connectivity index (χ4n) is 3.38. The molecule has 160 valence electrons. The Hall–Kier alpha value is -2.62.